The fourth-order valence-electron chi connectivity index (χ4n) is 17.0. The van der Waals surface area contributed by atoms with E-state index in [4.69, 9.17) is 58.3 Å². The molecule has 0 spiro atoms. The number of H-pyrrole nitrogens is 2. The van der Waals surface area contributed by atoms with Crippen LogP contribution in [0.5, 0.6) is 34.5 Å². The highest BCUT2D eigenvalue weighted by molar-refractivity contribution is 8.42. The van der Waals surface area contributed by atoms with Gasteiger partial charge in [0.25, 0.3) is 0 Å². The largest absolute Gasteiger partial charge is 0.490 e. The first-order valence-electron chi connectivity index (χ1n) is 48.8. The number of benzene rings is 4. The van der Waals surface area contributed by atoms with E-state index in [2.05, 4.69) is 114 Å². The molecule has 0 radical (unpaired) electrons. The zero-order valence-corrected chi connectivity index (χ0v) is 81.5. The molecule has 3 aromatic heterocycles. The molecule has 7 aromatic rings. The van der Waals surface area contributed by atoms with E-state index < -0.39 is 0 Å². The van der Waals surface area contributed by atoms with E-state index >= 15 is 0 Å². The molecule has 7 heterocycles. The van der Waals surface area contributed by atoms with Gasteiger partial charge in [-0.2, -0.15) is 0 Å². The molecule has 4 aliphatic heterocycles. The molecule has 0 saturated carbocycles. The Bertz CT molecular complexity index is 4340. The third-order valence-corrected chi connectivity index (χ3v) is 32.6. The van der Waals surface area contributed by atoms with Gasteiger partial charge in [-0.25, -0.2) is 29.9 Å². The number of aromatic nitrogens is 8. The first kappa shape index (κ1) is 97.2. The van der Waals surface area contributed by atoms with Crippen molar-refractivity contribution in [2.24, 2.45) is 0 Å². The third kappa shape index (κ3) is 28.3. The van der Waals surface area contributed by atoms with Crippen LogP contribution in [0.2, 0.25) is 0 Å². The molecule has 0 aliphatic carbocycles. The first-order chi connectivity index (χ1) is 60.2. The summed E-state index contributed by atoms with van der Waals surface area (Å²) in [4.78, 5) is 46.1. The SMILES string of the molecule is CCCCCCCCOc1cc2c(cc1OCCCCCCCC)-c1nc-2nc2[nH]c(nc3nc(nc4[nH]c(n1)c1c(CCCCCCCC)c5c(c(CCCCCCCC)c41)SC(=C1SC(SC)=C(SC)S1)S5)-c1cc(OCCCCCCCC)c(OCCCCCCCC)cc1-3)c1cc(OCCCCCCCC)c(OCCCCCCCC)cc21. The molecule has 4 aliphatic rings. The van der Waals surface area contributed by atoms with Gasteiger partial charge < -0.3 is 38.4 Å². The maximum absolute atomic E-state index is 7.06. The Morgan fingerprint density at radius 2 is 0.475 bits per heavy atom. The number of aromatic amines is 2. The van der Waals surface area contributed by atoms with Crippen molar-refractivity contribution in [1.82, 2.24) is 39.9 Å². The smallest absolute Gasteiger partial charge is 0.164 e. The fraction of sp³-hybridized carbons (Fsp3) is 0.647. The third-order valence-electron chi connectivity index (χ3n) is 24.1. The zero-order chi connectivity index (χ0) is 85.3. The van der Waals surface area contributed by atoms with Crippen molar-refractivity contribution in [3.05, 3.63) is 64.5 Å². The Balaban J connectivity index is 1.23. The quantitative estimate of drug-likeness (QED) is 0.0346. The van der Waals surface area contributed by atoms with Crippen LogP contribution < -0.4 is 28.4 Å². The summed E-state index contributed by atoms with van der Waals surface area (Å²) >= 11 is 11.7. The fourth-order valence-corrected chi connectivity index (χ4v) is 25.2. The second kappa shape index (κ2) is 54.7. The molecular weight excluding hydrogens is 1630 g/mol. The second-order valence-corrected chi connectivity index (χ2v) is 41.0. The van der Waals surface area contributed by atoms with E-state index in [1.165, 1.54) is 243 Å². The van der Waals surface area contributed by atoms with Gasteiger partial charge in [-0.15, -0.1) is 23.5 Å². The summed E-state index contributed by atoms with van der Waals surface area (Å²) in [5.74, 6) is 6.32. The summed E-state index contributed by atoms with van der Waals surface area (Å²) in [6, 6.07) is 13.0. The molecule has 0 saturated heterocycles. The van der Waals surface area contributed by atoms with Crippen LogP contribution in [-0.4, -0.2) is 92.0 Å². The number of aryl methyl sites for hydroxylation is 2. The molecule has 11 rings (SSSR count). The predicted octanol–water partition coefficient (Wildman–Crippen LogP) is 33.8. The van der Waals surface area contributed by atoms with Crippen LogP contribution in [0.3, 0.4) is 0 Å². The van der Waals surface area contributed by atoms with Gasteiger partial charge in [0.15, 0.2) is 57.8 Å². The maximum atomic E-state index is 7.06. The van der Waals surface area contributed by atoms with Crippen LogP contribution in [0.4, 0.5) is 0 Å². The van der Waals surface area contributed by atoms with E-state index in [0.717, 1.165) is 171 Å². The van der Waals surface area contributed by atoms with Gasteiger partial charge in [-0.05, 0) is 124 Å². The highest BCUT2D eigenvalue weighted by Gasteiger charge is 2.36. The van der Waals surface area contributed by atoms with Crippen molar-refractivity contribution in [3.8, 4) is 80.0 Å². The molecule has 670 valence electrons. The minimum atomic E-state index is 0.514. The molecule has 122 heavy (non-hydrogen) atoms. The standard InChI is InChI=1S/C102H150N8O6S6/c1-11-19-27-35-43-51-59-73-87-88(74(60-52-44-36-28-20-12-2)90-89(73)119-101(120-90)102-121-99(117-9)100(118-10)122-102)98-109-96-80-72-86(116-66-58-50-42-34-26-18-8)84(114-64-56-48-40-32-24-16-6)70-78(80)94(107-96)105-92-76-68-82(112-62-54-46-38-30-22-14-4)81(111-61-53-45-37-29-21-13-3)67-75(76)91(103-92)104-93-77-69-83(113-63-55-47-39-31-23-15-5)85(115-65-57-49-41-33-25-17-7)71-79(77)95(106-93)108-97(87)110-98/h67-72H,11-66H2,1-10H3,(H2,103,104,105,106,107,108,109,110). The molecule has 0 atom stereocenters. The summed E-state index contributed by atoms with van der Waals surface area (Å²) in [5, 5.41) is 3.89. The number of hydrogen-bond acceptors (Lipinski definition) is 18. The predicted molar refractivity (Wildman–Crippen MR) is 531 cm³/mol. The summed E-state index contributed by atoms with van der Waals surface area (Å²) < 4.78 is 47.7. The number of nitrogens with one attached hydrogen (secondary N) is 2. The van der Waals surface area contributed by atoms with Crippen LogP contribution in [0.25, 0.3) is 89.7 Å². The number of hydrogen-bond donors (Lipinski definition) is 2. The second-order valence-electron chi connectivity index (χ2n) is 34.2. The lowest BCUT2D eigenvalue weighted by molar-refractivity contribution is 0.258. The number of thioether (sulfide) groups is 6. The lowest BCUT2D eigenvalue weighted by Crippen LogP contribution is -2.03. The Hall–Kier alpha value is -5.38. The van der Waals surface area contributed by atoms with Gasteiger partial charge in [-0.3, -0.25) is 0 Å². The monoisotopic (exact) mass is 1780 g/mol. The van der Waals surface area contributed by atoms with Crippen LogP contribution >= 0.6 is 70.6 Å². The minimum absolute atomic E-state index is 0.514. The first-order valence-corrected chi connectivity index (χ1v) is 54.5. The maximum Gasteiger partial charge on any atom is 0.164 e. The van der Waals surface area contributed by atoms with Crippen molar-refractivity contribution in [2.75, 3.05) is 52.2 Å². The van der Waals surface area contributed by atoms with Crippen molar-refractivity contribution in [3.63, 3.8) is 0 Å². The molecule has 0 amide bonds. The molecule has 8 bridgehead atoms. The minimum Gasteiger partial charge on any atom is -0.490 e. The van der Waals surface area contributed by atoms with Crippen LogP contribution in [0.1, 0.15) is 375 Å². The number of unbranched alkanes of at least 4 members (excludes halogenated alkanes) is 40. The Morgan fingerprint density at radius 3 is 0.738 bits per heavy atom. The van der Waals surface area contributed by atoms with E-state index in [-0.39, 0.29) is 0 Å². The number of rotatable bonds is 64. The zero-order valence-electron chi connectivity index (χ0n) is 76.6. The summed E-state index contributed by atoms with van der Waals surface area (Å²) in [6.45, 7) is 21.8. The Labute approximate surface area is 760 Å². The lowest BCUT2D eigenvalue weighted by Gasteiger charge is -2.16. The summed E-state index contributed by atoms with van der Waals surface area (Å²) in [5.41, 5.74) is 8.61. The van der Waals surface area contributed by atoms with Crippen molar-refractivity contribution in [2.45, 2.75) is 386 Å². The topological polar surface area (TPSA) is 164 Å². The van der Waals surface area contributed by atoms with Crippen LogP contribution in [0.15, 0.2) is 63.1 Å². The van der Waals surface area contributed by atoms with Gasteiger partial charge in [0.1, 0.15) is 22.6 Å². The molecule has 0 fully saturated rings. The van der Waals surface area contributed by atoms with Gasteiger partial charge in [0, 0.05) is 53.6 Å². The van der Waals surface area contributed by atoms with E-state index in [0.29, 0.717) is 109 Å². The van der Waals surface area contributed by atoms with Gasteiger partial charge in [-0.1, -0.05) is 359 Å². The van der Waals surface area contributed by atoms with E-state index in [1.807, 2.05) is 70.6 Å². The number of fused-ring (bicyclic) bond motifs is 21. The molecule has 0 unspecified atom stereocenters. The highest BCUT2D eigenvalue weighted by atomic mass is 32.3. The van der Waals surface area contributed by atoms with Gasteiger partial charge in [0.2, 0.25) is 0 Å². The molecule has 4 aromatic carbocycles. The summed E-state index contributed by atoms with van der Waals surface area (Å²) in [6.07, 6.45) is 62.0. The molecule has 20 heteroatoms. The van der Waals surface area contributed by atoms with Crippen molar-refractivity contribution < 1.29 is 28.4 Å². The van der Waals surface area contributed by atoms with Gasteiger partial charge in [0.05, 0.1) is 56.6 Å². The Morgan fingerprint density at radius 1 is 0.254 bits per heavy atom. The summed E-state index contributed by atoms with van der Waals surface area (Å²) in [7, 11) is 0. The molecule has 2 N–H and O–H groups in total. The van der Waals surface area contributed by atoms with E-state index in [1.54, 1.807) is 0 Å². The average Bonchev–Trinajstić information content (AvgIpc) is 1.55. The normalized spacial score (nSPS) is 13.1. The van der Waals surface area contributed by atoms with Crippen molar-refractivity contribution in [1.29, 1.82) is 0 Å². The van der Waals surface area contributed by atoms with Gasteiger partial charge >= 0.3 is 0 Å². The lowest BCUT2D eigenvalue weighted by atomic mass is 9.95. The number of nitrogens with zero attached hydrogens (tertiary/aromatic N) is 6. The van der Waals surface area contributed by atoms with E-state index in [9.17, 15) is 0 Å². The molecule has 14 nitrogen and oxygen atoms in total. The Kier molecular flexibility index (Phi) is 43.6. The highest BCUT2D eigenvalue weighted by Crippen LogP contribution is 2.66. The van der Waals surface area contributed by atoms with Crippen LogP contribution in [-0.2, 0) is 12.8 Å². The number of ether oxygens (including phenoxy) is 6. The molecular formula is C102H150N8O6S6. The van der Waals surface area contributed by atoms with Crippen molar-refractivity contribution >= 4 is 115 Å². The van der Waals surface area contributed by atoms with Crippen LogP contribution in [0, 0.1) is 0 Å². The average molecular weight is 1780 g/mol.